The Morgan fingerprint density at radius 2 is 1.68 bits per heavy atom. The van der Waals surface area contributed by atoms with Crippen molar-refractivity contribution in [3.8, 4) is 23.0 Å². The van der Waals surface area contributed by atoms with Crippen LogP contribution in [0.25, 0.3) is 0 Å². The second kappa shape index (κ2) is 7.08. The van der Waals surface area contributed by atoms with E-state index in [4.69, 9.17) is 18.9 Å². The van der Waals surface area contributed by atoms with Crippen LogP contribution in [0.5, 0.6) is 23.0 Å². The van der Waals surface area contributed by atoms with Crippen LogP contribution < -0.4 is 29.6 Å². The van der Waals surface area contributed by atoms with Crippen LogP contribution in [0.15, 0.2) is 36.4 Å². The predicted octanol–water partition coefficient (Wildman–Crippen LogP) is 1.59. The topological polar surface area (TPSA) is 115 Å². The molecule has 0 aliphatic carbocycles. The Balaban J connectivity index is 1.30. The van der Waals surface area contributed by atoms with E-state index in [2.05, 4.69) is 10.6 Å². The number of amides is 4. The summed E-state index contributed by atoms with van der Waals surface area (Å²) < 4.78 is 21.6. The largest absolute Gasteiger partial charge is 0.486 e. The first-order valence-corrected chi connectivity index (χ1v) is 9.68. The van der Waals surface area contributed by atoms with E-state index in [1.54, 1.807) is 43.3 Å². The Morgan fingerprint density at radius 3 is 2.52 bits per heavy atom. The highest BCUT2D eigenvalue weighted by molar-refractivity contribution is 6.10. The van der Waals surface area contributed by atoms with Crippen molar-refractivity contribution in [2.45, 2.75) is 12.5 Å². The van der Waals surface area contributed by atoms with Crippen molar-refractivity contribution >= 4 is 23.5 Å². The van der Waals surface area contributed by atoms with Gasteiger partial charge in [-0.3, -0.25) is 14.5 Å². The maximum atomic E-state index is 13.1. The first-order chi connectivity index (χ1) is 14.9. The van der Waals surface area contributed by atoms with E-state index in [-0.39, 0.29) is 6.79 Å². The van der Waals surface area contributed by atoms with E-state index >= 15 is 0 Å². The lowest BCUT2D eigenvalue weighted by Gasteiger charge is -2.22. The van der Waals surface area contributed by atoms with Gasteiger partial charge in [0.25, 0.3) is 5.91 Å². The van der Waals surface area contributed by atoms with Gasteiger partial charge in [0.1, 0.15) is 25.3 Å². The number of hydrogen-bond donors (Lipinski definition) is 2. The molecule has 2 N–H and O–H groups in total. The van der Waals surface area contributed by atoms with Crippen LogP contribution in [-0.2, 0) is 15.1 Å². The van der Waals surface area contributed by atoms with Crippen LogP contribution in [0, 0.1) is 0 Å². The third-order valence-electron chi connectivity index (χ3n) is 5.35. The minimum absolute atomic E-state index is 0.0992. The summed E-state index contributed by atoms with van der Waals surface area (Å²) in [6.45, 7) is 2.14. The fraction of sp³-hybridized carbons (Fsp3) is 0.286. The van der Waals surface area contributed by atoms with Gasteiger partial charge in [-0.15, -0.1) is 0 Å². The number of nitrogens with zero attached hydrogens (tertiary/aromatic N) is 1. The molecule has 2 aromatic rings. The van der Waals surface area contributed by atoms with E-state index in [1.807, 2.05) is 0 Å². The lowest BCUT2D eigenvalue weighted by molar-refractivity contribution is -0.133. The molecule has 0 spiro atoms. The van der Waals surface area contributed by atoms with Gasteiger partial charge in [0, 0.05) is 11.8 Å². The quantitative estimate of drug-likeness (QED) is 0.715. The molecule has 1 saturated heterocycles. The summed E-state index contributed by atoms with van der Waals surface area (Å²) in [7, 11) is 0. The molecule has 4 amide bonds. The lowest BCUT2D eigenvalue weighted by atomic mass is 9.91. The van der Waals surface area contributed by atoms with Crippen molar-refractivity contribution < 1.29 is 33.3 Å². The molecule has 0 radical (unpaired) electrons. The number of carbonyl (C=O) groups excluding carboxylic acids is 3. The standard InChI is InChI=1S/C21H19N3O7/c1-21(12-2-4-15-16(8-12)31-11-30-15)19(26)24(20(27)23-21)10-18(25)22-13-3-5-14-17(9-13)29-7-6-28-14/h2-5,8-9H,6-7,10-11H2,1H3,(H,22,25)(H,23,27)/t21-/m0/s1. The Labute approximate surface area is 177 Å². The first kappa shape index (κ1) is 19.0. The summed E-state index contributed by atoms with van der Waals surface area (Å²) >= 11 is 0. The molecule has 5 rings (SSSR count). The van der Waals surface area contributed by atoms with Gasteiger partial charge in [-0.25, -0.2) is 4.79 Å². The molecule has 3 aliphatic rings. The van der Waals surface area contributed by atoms with Crippen LogP contribution in [0.1, 0.15) is 12.5 Å². The number of benzene rings is 2. The van der Waals surface area contributed by atoms with E-state index in [0.29, 0.717) is 47.5 Å². The molecule has 160 valence electrons. The van der Waals surface area contributed by atoms with Crippen molar-refractivity contribution in [3.05, 3.63) is 42.0 Å². The van der Waals surface area contributed by atoms with Crippen molar-refractivity contribution in [2.24, 2.45) is 0 Å². The maximum Gasteiger partial charge on any atom is 0.325 e. The fourth-order valence-corrected chi connectivity index (χ4v) is 3.71. The first-order valence-electron chi connectivity index (χ1n) is 9.68. The molecular formula is C21H19N3O7. The number of fused-ring (bicyclic) bond motifs is 2. The molecule has 0 bridgehead atoms. The Hall–Kier alpha value is -3.95. The van der Waals surface area contributed by atoms with Crippen LogP contribution in [0.2, 0.25) is 0 Å². The van der Waals surface area contributed by atoms with E-state index in [0.717, 1.165) is 4.90 Å². The second-order valence-corrected chi connectivity index (χ2v) is 7.42. The second-order valence-electron chi connectivity index (χ2n) is 7.42. The van der Waals surface area contributed by atoms with Crippen molar-refractivity contribution in [1.29, 1.82) is 0 Å². The molecular weight excluding hydrogens is 406 g/mol. The van der Waals surface area contributed by atoms with Crippen molar-refractivity contribution in [2.75, 3.05) is 31.9 Å². The molecule has 31 heavy (non-hydrogen) atoms. The molecule has 0 aromatic heterocycles. The molecule has 10 nitrogen and oxygen atoms in total. The number of urea groups is 1. The minimum atomic E-state index is -1.32. The summed E-state index contributed by atoms with van der Waals surface area (Å²) in [5.74, 6) is 1.13. The molecule has 3 heterocycles. The highest BCUT2D eigenvalue weighted by atomic mass is 16.7. The van der Waals surface area contributed by atoms with Crippen LogP contribution in [0.4, 0.5) is 10.5 Å². The lowest BCUT2D eigenvalue weighted by Crippen LogP contribution is -2.42. The Kier molecular flexibility index (Phi) is 4.35. The third-order valence-corrected chi connectivity index (χ3v) is 5.35. The van der Waals surface area contributed by atoms with E-state index < -0.39 is 29.9 Å². The summed E-state index contributed by atoms with van der Waals surface area (Å²) in [6, 6.07) is 9.35. The van der Waals surface area contributed by atoms with Gasteiger partial charge >= 0.3 is 6.03 Å². The number of hydrogen-bond acceptors (Lipinski definition) is 7. The monoisotopic (exact) mass is 425 g/mol. The zero-order valence-corrected chi connectivity index (χ0v) is 16.6. The fourth-order valence-electron chi connectivity index (χ4n) is 3.71. The summed E-state index contributed by atoms with van der Waals surface area (Å²) in [4.78, 5) is 39.0. The summed E-state index contributed by atoms with van der Waals surface area (Å²) in [5.41, 5.74) is -0.320. The van der Waals surface area contributed by atoms with Gasteiger partial charge in [0.2, 0.25) is 12.7 Å². The Bertz CT molecular complexity index is 1100. The molecule has 0 unspecified atom stereocenters. The van der Waals surface area contributed by atoms with E-state index in [1.165, 1.54) is 0 Å². The molecule has 1 fully saturated rings. The van der Waals surface area contributed by atoms with Crippen molar-refractivity contribution in [3.63, 3.8) is 0 Å². The van der Waals surface area contributed by atoms with Gasteiger partial charge in [-0.1, -0.05) is 6.07 Å². The average Bonchev–Trinajstić information content (AvgIpc) is 3.32. The summed E-state index contributed by atoms with van der Waals surface area (Å²) in [6.07, 6.45) is 0. The maximum absolute atomic E-state index is 13.1. The highest BCUT2D eigenvalue weighted by Gasteiger charge is 2.49. The molecule has 3 aliphatic heterocycles. The predicted molar refractivity (Wildman–Crippen MR) is 106 cm³/mol. The molecule has 0 saturated carbocycles. The summed E-state index contributed by atoms with van der Waals surface area (Å²) in [5, 5.41) is 5.35. The molecule has 2 aromatic carbocycles. The van der Waals surface area contributed by atoms with Crippen LogP contribution in [0.3, 0.4) is 0 Å². The van der Waals surface area contributed by atoms with Gasteiger partial charge < -0.3 is 29.6 Å². The zero-order chi connectivity index (χ0) is 21.6. The van der Waals surface area contributed by atoms with Gasteiger partial charge in [0.15, 0.2) is 23.0 Å². The SMILES string of the molecule is C[C@@]1(c2ccc3c(c2)OCO3)NC(=O)N(CC(=O)Nc2ccc3c(c2)OCCO3)C1=O. The number of carbonyl (C=O) groups is 3. The third kappa shape index (κ3) is 3.25. The van der Waals surface area contributed by atoms with Crippen LogP contribution >= 0.6 is 0 Å². The van der Waals surface area contributed by atoms with Gasteiger partial charge in [-0.05, 0) is 36.8 Å². The Morgan fingerprint density at radius 1 is 1.00 bits per heavy atom. The molecule has 1 atom stereocenters. The minimum Gasteiger partial charge on any atom is -0.486 e. The zero-order valence-electron chi connectivity index (χ0n) is 16.6. The number of anilines is 1. The van der Waals surface area contributed by atoms with Crippen LogP contribution in [-0.4, -0.2) is 49.3 Å². The van der Waals surface area contributed by atoms with E-state index in [9.17, 15) is 14.4 Å². The van der Waals surface area contributed by atoms with Crippen molar-refractivity contribution in [1.82, 2.24) is 10.2 Å². The van der Waals surface area contributed by atoms with Gasteiger partial charge in [-0.2, -0.15) is 0 Å². The molecule has 10 heteroatoms. The smallest absolute Gasteiger partial charge is 0.325 e. The highest BCUT2D eigenvalue weighted by Crippen LogP contribution is 2.38. The average molecular weight is 425 g/mol. The normalized spacial score (nSPS) is 21.1. The number of imide groups is 1. The van der Waals surface area contributed by atoms with Gasteiger partial charge in [0.05, 0.1) is 0 Å². The number of nitrogens with one attached hydrogen (secondary N) is 2. The number of ether oxygens (including phenoxy) is 4. The number of rotatable bonds is 4.